The Morgan fingerprint density at radius 3 is 2.32 bits per heavy atom. The molecule has 1 rings (SSSR count). The molecule has 0 spiro atoms. The molecule has 0 saturated carbocycles. The summed E-state index contributed by atoms with van der Waals surface area (Å²) < 4.78 is 24.1. The van der Waals surface area contributed by atoms with Gasteiger partial charge >= 0.3 is 0 Å². The van der Waals surface area contributed by atoms with E-state index in [1.807, 2.05) is 12.1 Å². The van der Waals surface area contributed by atoms with Gasteiger partial charge in [0.25, 0.3) is 0 Å². The molecule has 100 valence electrons. The molecule has 1 aromatic carbocycles. The van der Waals surface area contributed by atoms with Crippen LogP contribution in [0.15, 0.2) is 23.1 Å². The van der Waals surface area contributed by atoms with Gasteiger partial charge in [0, 0.05) is 0 Å². The Morgan fingerprint density at radius 1 is 1.05 bits per heavy atom. The SMILES string of the molecule is CCCCCCS(=O)(=O)c1ccc(C#N)c(C#N)c1. The van der Waals surface area contributed by atoms with E-state index in [-0.39, 0.29) is 21.8 Å². The molecule has 0 heterocycles. The van der Waals surface area contributed by atoms with Gasteiger partial charge in [-0.25, -0.2) is 8.42 Å². The van der Waals surface area contributed by atoms with Crippen molar-refractivity contribution in [3.63, 3.8) is 0 Å². The highest BCUT2D eigenvalue weighted by molar-refractivity contribution is 7.91. The zero-order chi connectivity index (χ0) is 14.3. The van der Waals surface area contributed by atoms with Crippen molar-refractivity contribution >= 4 is 9.84 Å². The van der Waals surface area contributed by atoms with Crippen LogP contribution in [0.1, 0.15) is 43.7 Å². The standard InChI is InChI=1S/C14H16N2O2S/c1-2-3-4-5-8-19(17,18)14-7-6-12(10-15)13(9-14)11-16/h6-7,9H,2-5,8H2,1H3. The fourth-order valence-corrected chi connectivity index (χ4v) is 3.14. The summed E-state index contributed by atoms with van der Waals surface area (Å²) in [6.45, 7) is 2.06. The van der Waals surface area contributed by atoms with Crippen molar-refractivity contribution in [3.8, 4) is 12.1 Å². The highest BCUT2D eigenvalue weighted by Crippen LogP contribution is 2.17. The third-order valence-electron chi connectivity index (χ3n) is 2.86. The first-order chi connectivity index (χ1) is 9.05. The van der Waals surface area contributed by atoms with Gasteiger partial charge in [-0.2, -0.15) is 10.5 Å². The molecule has 0 radical (unpaired) electrons. The maximum Gasteiger partial charge on any atom is 0.178 e. The van der Waals surface area contributed by atoms with E-state index in [9.17, 15) is 8.42 Å². The van der Waals surface area contributed by atoms with E-state index in [0.717, 1.165) is 19.3 Å². The van der Waals surface area contributed by atoms with Crippen LogP contribution in [0, 0.1) is 22.7 Å². The molecule has 0 atom stereocenters. The Balaban J connectivity index is 2.91. The lowest BCUT2D eigenvalue weighted by Gasteiger charge is -2.05. The smallest absolute Gasteiger partial charge is 0.178 e. The molecule has 4 nitrogen and oxygen atoms in total. The van der Waals surface area contributed by atoms with Crippen LogP contribution in [0.5, 0.6) is 0 Å². The maximum atomic E-state index is 12.1. The Hall–Kier alpha value is -1.85. The first kappa shape index (κ1) is 15.2. The van der Waals surface area contributed by atoms with E-state index >= 15 is 0 Å². The van der Waals surface area contributed by atoms with Gasteiger partial charge in [-0.1, -0.05) is 26.2 Å². The summed E-state index contributed by atoms with van der Waals surface area (Å²) in [7, 11) is -3.36. The number of benzene rings is 1. The minimum Gasteiger partial charge on any atom is -0.224 e. The highest BCUT2D eigenvalue weighted by atomic mass is 32.2. The summed E-state index contributed by atoms with van der Waals surface area (Å²) >= 11 is 0. The summed E-state index contributed by atoms with van der Waals surface area (Å²) in [5, 5.41) is 17.7. The predicted octanol–water partition coefficient (Wildman–Crippen LogP) is 2.78. The second kappa shape index (κ2) is 6.92. The molecule has 0 bridgehead atoms. The van der Waals surface area contributed by atoms with Gasteiger partial charge in [0.15, 0.2) is 9.84 Å². The summed E-state index contributed by atoms with van der Waals surface area (Å²) in [5.74, 6) is 0.0871. The Labute approximate surface area is 114 Å². The minimum atomic E-state index is -3.36. The van der Waals surface area contributed by atoms with Crippen molar-refractivity contribution in [2.75, 3.05) is 5.75 Å². The van der Waals surface area contributed by atoms with Crippen LogP contribution < -0.4 is 0 Å². The zero-order valence-corrected chi connectivity index (χ0v) is 11.7. The van der Waals surface area contributed by atoms with Gasteiger partial charge in [-0.05, 0) is 24.6 Å². The zero-order valence-electron chi connectivity index (χ0n) is 10.9. The van der Waals surface area contributed by atoms with Crippen LogP contribution in [0.2, 0.25) is 0 Å². The van der Waals surface area contributed by atoms with Gasteiger partial charge in [0.05, 0.1) is 21.8 Å². The average molecular weight is 276 g/mol. The van der Waals surface area contributed by atoms with E-state index in [1.165, 1.54) is 18.2 Å². The Morgan fingerprint density at radius 2 is 1.74 bits per heavy atom. The molecular weight excluding hydrogens is 260 g/mol. The van der Waals surface area contributed by atoms with Crippen LogP contribution >= 0.6 is 0 Å². The second-order valence-corrected chi connectivity index (χ2v) is 6.42. The fraction of sp³-hybridized carbons (Fsp3) is 0.429. The minimum absolute atomic E-state index is 0.0871. The lowest BCUT2D eigenvalue weighted by molar-refractivity contribution is 0.589. The van der Waals surface area contributed by atoms with Crippen molar-refractivity contribution < 1.29 is 8.42 Å². The summed E-state index contributed by atoms with van der Waals surface area (Å²) in [4.78, 5) is 0.125. The molecule has 0 N–H and O–H groups in total. The normalized spacial score (nSPS) is 10.7. The van der Waals surface area contributed by atoms with Crippen LogP contribution in [0.25, 0.3) is 0 Å². The molecule has 5 heteroatoms. The third-order valence-corrected chi connectivity index (χ3v) is 4.66. The van der Waals surface area contributed by atoms with Crippen molar-refractivity contribution in [2.24, 2.45) is 0 Å². The van der Waals surface area contributed by atoms with Crippen LogP contribution in [0.4, 0.5) is 0 Å². The molecule has 0 aliphatic carbocycles. The monoisotopic (exact) mass is 276 g/mol. The van der Waals surface area contributed by atoms with Crippen LogP contribution in [-0.4, -0.2) is 14.2 Å². The number of nitrogens with zero attached hydrogens (tertiary/aromatic N) is 2. The summed E-state index contributed by atoms with van der Waals surface area (Å²) in [6, 6.07) is 7.79. The lowest BCUT2D eigenvalue weighted by Crippen LogP contribution is -2.07. The number of hydrogen-bond acceptors (Lipinski definition) is 4. The quantitative estimate of drug-likeness (QED) is 0.748. The molecule has 0 unspecified atom stereocenters. The second-order valence-electron chi connectivity index (χ2n) is 4.31. The molecule has 0 aromatic heterocycles. The first-order valence-corrected chi connectivity index (χ1v) is 7.87. The fourth-order valence-electron chi connectivity index (χ4n) is 1.74. The Kier molecular flexibility index (Phi) is 5.54. The van der Waals surface area contributed by atoms with Gasteiger partial charge in [-0.3, -0.25) is 0 Å². The Bertz CT molecular complexity index is 622. The van der Waals surface area contributed by atoms with Crippen molar-refractivity contribution in [1.82, 2.24) is 0 Å². The molecule has 0 aliphatic heterocycles. The van der Waals surface area contributed by atoms with E-state index in [4.69, 9.17) is 10.5 Å². The molecule has 1 aromatic rings. The predicted molar refractivity (Wildman–Crippen MR) is 72.1 cm³/mol. The van der Waals surface area contributed by atoms with Gasteiger partial charge < -0.3 is 0 Å². The molecule has 0 aliphatic rings. The molecule has 19 heavy (non-hydrogen) atoms. The highest BCUT2D eigenvalue weighted by Gasteiger charge is 2.16. The molecule has 0 amide bonds. The van der Waals surface area contributed by atoms with E-state index in [0.29, 0.717) is 6.42 Å². The van der Waals surface area contributed by atoms with Crippen LogP contribution in [-0.2, 0) is 9.84 Å². The van der Waals surface area contributed by atoms with Crippen LogP contribution in [0.3, 0.4) is 0 Å². The molecular formula is C14H16N2O2S. The number of unbranched alkanes of at least 4 members (excludes halogenated alkanes) is 3. The average Bonchev–Trinajstić information content (AvgIpc) is 2.42. The van der Waals surface area contributed by atoms with Gasteiger partial charge in [-0.15, -0.1) is 0 Å². The summed E-state index contributed by atoms with van der Waals surface area (Å²) in [5.41, 5.74) is 0.310. The van der Waals surface area contributed by atoms with Gasteiger partial charge in [0.2, 0.25) is 0 Å². The number of hydrogen-bond donors (Lipinski definition) is 0. The van der Waals surface area contributed by atoms with E-state index in [1.54, 1.807) is 0 Å². The first-order valence-electron chi connectivity index (χ1n) is 6.22. The van der Waals surface area contributed by atoms with E-state index < -0.39 is 9.84 Å². The lowest BCUT2D eigenvalue weighted by atomic mass is 10.1. The molecule has 0 saturated heterocycles. The van der Waals surface area contributed by atoms with Gasteiger partial charge in [0.1, 0.15) is 12.1 Å². The maximum absolute atomic E-state index is 12.1. The van der Waals surface area contributed by atoms with Crippen molar-refractivity contribution in [1.29, 1.82) is 10.5 Å². The number of sulfone groups is 1. The topological polar surface area (TPSA) is 81.7 Å². The third kappa shape index (κ3) is 4.08. The van der Waals surface area contributed by atoms with Crippen molar-refractivity contribution in [3.05, 3.63) is 29.3 Å². The number of nitriles is 2. The molecule has 0 fully saturated rings. The number of rotatable bonds is 6. The summed E-state index contributed by atoms with van der Waals surface area (Å²) in [6.07, 6.45) is 3.58. The largest absolute Gasteiger partial charge is 0.224 e. The van der Waals surface area contributed by atoms with E-state index in [2.05, 4.69) is 6.92 Å². The van der Waals surface area contributed by atoms with Crippen molar-refractivity contribution in [2.45, 2.75) is 37.5 Å².